The van der Waals surface area contributed by atoms with E-state index in [1.807, 2.05) is 20.8 Å². The Labute approximate surface area is 176 Å². The van der Waals surface area contributed by atoms with Crippen molar-refractivity contribution >= 4 is 0 Å². The first-order chi connectivity index (χ1) is 13.7. The van der Waals surface area contributed by atoms with E-state index < -0.39 is 5.97 Å². The van der Waals surface area contributed by atoms with Gasteiger partial charge in [-0.2, -0.15) is 0 Å². The molecule has 0 amide bonds. The van der Waals surface area contributed by atoms with E-state index in [0.717, 1.165) is 18.8 Å². The van der Waals surface area contributed by atoms with Crippen LogP contribution in [-0.4, -0.2) is 25.8 Å². The van der Waals surface area contributed by atoms with Gasteiger partial charge >= 0.3 is 0 Å². The normalized spacial score (nSPS) is 13.5. The lowest BCUT2D eigenvalue weighted by molar-refractivity contribution is -0.380. The average Bonchev–Trinajstić information content (AvgIpc) is 2.69. The third-order valence-corrected chi connectivity index (χ3v) is 5.31. The van der Waals surface area contributed by atoms with Gasteiger partial charge in [0, 0.05) is 26.2 Å². The van der Waals surface area contributed by atoms with Crippen molar-refractivity contribution in [3.8, 4) is 0 Å². The standard InChI is InChI=1S/C25H50O3/c1-6-11-12-13-14-15-18-21-24(7-2)22-19-16-17-20-23-25(26-8-3,27-9-4)28-10-5/h18,21,24H,6-17,19-20,22-23H2,1-5H3. The minimum absolute atomic E-state index is 0.614. The molecule has 3 nitrogen and oxygen atoms in total. The Bertz CT molecular complexity index is 324. The Hall–Kier alpha value is -0.380. The van der Waals surface area contributed by atoms with Gasteiger partial charge in [0.15, 0.2) is 0 Å². The molecule has 28 heavy (non-hydrogen) atoms. The van der Waals surface area contributed by atoms with Crippen LogP contribution in [0.3, 0.4) is 0 Å². The van der Waals surface area contributed by atoms with Crippen molar-refractivity contribution in [2.75, 3.05) is 19.8 Å². The molecule has 0 aliphatic rings. The summed E-state index contributed by atoms with van der Waals surface area (Å²) in [7, 11) is 0. The van der Waals surface area contributed by atoms with Crippen LogP contribution in [0.25, 0.3) is 0 Å². The Morgan fingerprint density at radius 1 is 0.679 bits per heavy atom. The monoisotopic (exact) mass is 398 g/mol. The van der Waals surface area contributed by atoms with Gasteiger partial charge in [-0.05, 0) is 58.8 Å². The zero-order valence-electron chi connectivity index (χ0n) is 19.8. The number of hydrogen-bond donors (Lipinski definition) is 0. The van der Waals surface area contributed by atoms with E-state index >= 15 is 0 Å². The predicted octanol–water partition coefficient (Wildman–Crippen LogP) is 8.03. The summed E-state index contributed by atoms with van der Waals surface area (Å²) < 4.78 is 17.4. The van der Waals surface area contributed by atoms with Gasteiger partial charge < -0.3 is 14.2 Å². The van der Waals surface area contributed by atoms with E-state index in [4.69, 9.17) is 14.2 Å². The third-order valence-electron chi connectivity index (χ3n) is 5.31. The highest BCUT2D eigenvalue weighted by molar-refractivity contribution is 4.87. The number of rotatable bonds is 21. The predicted molar refractivity (Wildman–Crippen MR) is 122 cm³/mol. The fourth-order valence-electron chi connectivity index (χ4n) is 3.69. The summed E-state index contributed by atoms with van der Waals surface area (Å²) >= 11 is 0. The molecular formula is C25H50O3. The van der Waals surface area contributed by atoms with Crippen LogP contribution in [0.5, 0.6) is 0 Å². The second-order valence-corrected chi connectivity index (χ2v) is 7.73. The van der Waals surface area contributed by atoms with E-state index in [2.05, 4.69) is 26.0 Å². The number of unbranched alkanes of at least 4 members (excludes halogenated alkanes) is 8. The number of allylic oxidation sites excluding steroid dienone is 2. The van der Waals surface area contributed by atoms with E-state index in [1.54, 1.807) is 0 Å². The zero-order chi connectivity index (χ0) is 20.9. The Morgan fingerprint density at radius 2 is 1.25 bits per heavy atom. The van der Waals surface area contributed by atoms with Gasteiger partial charge in [-0.15, -0.1) is 0 Å². The third kappa shape index (κ3) is 14.6. The van der Waals surface area contributed by atoms with E-state index in [9.17, 15) is 0 Å². The molecule has 0 N–H and O–H groups in total. The van der Waals surface area contributed by atoms with Gasteiger partial charge in [0.25, 0.3) is 5.97 Å². The summed E-state index contributed by atoms with van der Waals surface area (Å²) in [6, 6.07) is 0. The largest absolute Gasteiger partial charge is 0.328 e. The maximum atomic E-state index is 5.80. The topological polar surface area (TPSA) is 27.7 Å². The highest BCUT2D eigenvalue weighted by Gasteiger charge is 2.31. The van der Waals surface area contributed by atoms with Gasteiger partial charge in [0.05, 0.1) is 0 Å². The average molecular weight is 399 g/mol. The first-order valence-electron chi connectivity index (χ1n) is 12.3. The van der Waals surface area contributed by atoms with Gasteiger partial charge in [-0.1, -0.05) is 70.9 Å². The van der Waals surface area contributed by atoms with Crippen molar-refractivity contribution in [1.29, 1.82) is 0 Å². The lowest BCUT2D eigenvalue weighted by atomic mass is 9.97. The first kappa shape index (κ1) is 27.6. The fraction of sp³-hybridized carbons (Fsp3) is 0.920. The molecule has 0 aliphatic carbocycles. The van der Waals surface area contributed by atoms with Gasteiger partial charge in [-0.25, -0.2) is 0 Å². The van der Waals surface area contributed by atoms with Crippen molar-refractivity contribution in [3.05, 3.63) is 12.2 Å². The molecule has 0 fully saturated rings. The van der Waals surface area contributed by atoms with Crippen molar-refractivity contribution < 1.29 is 14.2 Å². The van der Waals surface area contributed by atoms with Gasteiger partial charge in [-0.3, -0.25) is 0 Å². The molecule has 3 heteroatoms. The molecule has 168 valence electrons. The van der Waals surface area contributed by atoms with E-state index in [-0.39, 0.29) is 0 Å². The minimum Gasteiger partial charge on any atom is -0.328 e. The summed E-state index contributed by atoms with van der Waals surface area (Å²) in [4.78, 5) is 0. The second kappa shape index (κ2) is 19.9. The molecule has 0 saturated heterocycles. The molecular weight excluding hydrogens is 348 g/mol. The van der Waals surface area contributed by atoms with Crippen LogP contribution >= 0.6 is 0 Å². The Kier molecular flexibility index (Phi) is 19.6. The summed E-state index contributed by atoms with van der Waals surface area (Å²) in [5.41, 5.74) is 0. The molecule has 0 radical (unpaired) electrons. The molecule has 0 aromatic heterocycles. The van der Waals surface area contributed by atoms with Gasteiger partial charge in [0.2, 0.25) is 0 Å². The molecule has 0 aromatic rings. The molecule has 0 aliphatic heterocycles. The quantitative estimate of drug-likeness (QED) is 0.111. The number of ether oxygens (including phenoxy) is 3. The summed E-state index contributed by atoms with van der Waals surface area (Å²) in [5, 5.41) is 0. The lowest BCUT2D eigenvalue weighted by Crippen LogP contribution is -2.39. The van der Waals surface area contributed by atoms with E-state index in [0.29, 0.717) is 19.8 Å². The molecule has 0 rings (SSSR count). The molecule has 1 atom stereocenters. The molecule has 0 saturated carbocycles. The minimum atomic E-state index is -0.829. The molecule has 0 spiro atoms. The lowest BCUT2D eigenvalue weighted by Gasteiger charge is -2.32. The summed E-state index contributed by atoms with van der Waals surface area (Å²) in [6.45, 7) is 12.4. The summed E-state index contributed by atoms with van der Waals surface area (Å²) in [5.74, 6) is -0.0747. The zero-order valence-corrected chi connectivity index (χ0v) is 19.8. The molecule has 0 bridgehead atoms. The van der Waals surface area contributed by atoms with Crippen molar-refractivity contribution in [2.45, 2.75) is 124 Å². The van der Waals surface area contributed by atoms with Crippen molar-refractivity contribution in [3.63, 3.8) is 0 Å². The van der Waals surface area contributed by atoms with Crippen LogP contribution in [-0.2, 0) is 14.2 Å². The van der Waals surface area contributed by atoms with Crippen molar-refractivity contribution in [1.82, 2.24) is 0 Å². The van der Waals surface area contributed by atoms with Crippen LogP contribution in [0, 0.1) is 5.92 Å². The smallest absolute Gasteiger partial charge is 0.282 e. The van der Waals surface area contributed by atoms with Crippen LogP contribution in [0.4, 0.5) is 0 Å². The molecule has 0 heterocycles. The fourth-order valence-corrected chi connectivity index (χ4v) is 3.69. The van der Waals surface area contributed by atoms with Crippen LogP contribution in [0.2, 0.25) is 0 Å². The Balaban J connectivity index is 3.95. The maximum absolute atomic E-state index is 5.80. The molecule has 1 unspecified atom stereocenters. The second-order valence-electron chi connectivity index (χ2n) is 7.73. The maximum Gasteiger partial charge on any atom is 0.282 e. The van der Waals surface area contributed by atoms with Crippen LogP contribution in [0.15, 0.2) is 12.2 Å². The summed E-state index contributed by atoms with van der Waals surface area (Å²) in [6.07, 6.45) is 21.3. The first-order valence-corrected chi connectivity index (χ1v) is 12.3. The highest BCUT2D eigenvalue weighted by Crippen LogP contribution is 2.24. The van der Waals surface area contributed by atoms with Crippen LogP contribution < -0.4 is 0 Å². The molecule has 0 aromatic carbocycles. The SMILES string of the molecule is CCCCCCCC=CC(CC)CCCCCCC(OCC)(OCC)OCC. The highest BCUT2D eigenvalue weighted by atomic mass is 16.9. The Morgan fingerprint density at radius 3 is 1.82 bits per heavy atom. The van der Waals surface area contributed by atoms with Crippen LogP contribution in [0.1, 0.15) is 118 Å². The van der Waals surface area contributed by atoms with Gasteiger partial charge in [0.1, 0.15) is 0 Å². The van der Waals surface area contributed by atoms with Crippen molar-refractivity contribution in [2.24, 2.45) is 5.92 Å². The van der Waals surface area contributed by atoms with E-state index in [1.165, 1.54) is 70.6 Å². The number of hydrogen-bond acceptors (Lipinski definition) is 3.